The Hall–Kier alpha value is -1.98. The summed E-state index contributed by atoms with van der Waals surface area (Å²) in [5.41, 5.74) is -0.223. The first-order valence-electron chi connectivity index (χ1n) is 7.98. The topological polar surface area (TPSA) is 49.4 Å². The van der Waals surface area contributed by atoms with Gasteiger partial charge in [-0.3, -0.25) is 9.59 Å². The normalized spacial score (nSPS) is 15.3. The highest BCUT2D eigenvalue weighted by Crippen LogP contribution is 2.21. The second-order valence-electron chi connectivity index (χ2n) is 5.93. The summed E-state index contributed by atoms with van der Waals surface area (Å²) in [6, 6.07) is 3.06. The van der Waals surface area contributed by atoms with E-state index >= 15 is 0 Å². The van der Waals surface area contributed by atoms with Gasteiger partial charge in [0.15, 0.2) is 0 Å². The molecule has 0 bridgehead atoms. The number of carbonyl (C=O) groups is 2. The second kappa shape index (κ2) is 8.04. The van der Waals surface area contributed by atoms with E-state index < -0.39 is 17.5 Å². The molecular weight excluding hydrogens is 302 g/mol. The molecule has 0 aromatic heterocycles. The molecule has 0 radical (unpaired) electrons. The van der Waals surface area contributed by atoms with E-state index in [-0.39, 0.29) is 30.5 Å². The highest BCUT2D eigenvalue weighted by atomic mass is 19.1. The molecule has 0 spiro atoms. The molecule has 1 saturated carbocycles. The SMILES string of the molecule is CN(C(=O)CCNC(=O)c1ccc(F)cc1F)C1CCCCC1. The summed E-state index contributed by atoms with van der Waals surface area (Å²) < 4.78 is 26.3. The van der Waals surface area contributed by atoms with Crippen LogP contribution in [-0.4, -0.2) is 36.3 Å². The van der Waals surface area contributed by atoms with Crippen molar-refractivity contribution in [3.05, 3.63) is 35.4 Å². The minimum Gasteiger partial charge on any atom is -0.351 e. The molecule has 0 atom stereocenters. The van der Waals surface area contributed by atoms with Gasteiger partial charge in [-0.1, -0.05) is 19.3 Å². The lowest BCUT2D eigenvalue weighted by Gasteiger charge is -2.31. The lowest BCUT2D eigenvalue weighted by Crippen LogP contribution is -2.40. The van der Waals surface area contributed by atoms with Crippen molar-refractivity contribution in [3.63, 3.8) is 0 Å². The van der Waals surface area contributed by atoms with E-state index in [1.165, 1.54) is 6.42 Å². The van der Waals surface area contributed by atoms with Crippen LogP contribution in [0.3, 0.4) is 0 Å². The second-order valence-corrected chi connectivity index (χ2v) is 5.93. The van der Waals surface area contributed by atoms with Crippen molar-refractivity contribution in [3.8, 4) is 0 Å². The Morgan fingerprint density at radius 3 is 2.57 bits per heavy atom. The van der Waals surface area contributed by atoms with Crippen LogP contribution in [0.25, 0.3) is 0 Å². The number of hydrogen-bond donors (Lipinski definition) is 1. The molecule has 0 heterocycles. The average Bonchev–Trinajstić information content (AvgIpc) is 2.54. The maximum Gasteiger partial charge on any atom is 0.254 e. The predicted molar refractivity (Wildman–Crippen MR) is 83.0 cm³/mol. The average molecular weight is 324 g/mol. The smallest absolute Gasteiger partial charge is 0.254 e. The number of rotatable bonds is 5. The Morgan fingerprint density at radius 1 is 1.22 bits per heavy atom. The highest BCUT2D eigenvalue weighted by Gasteiger charge is 2.22. The van der Waals surface area contributed by atoms with Crippen molar-refractivity contribution in [2.45, 2.75) is 44.6 Å². The van der Waals surface area contributed by atoms with E-state index in [4.69, 9.17) is 0 Å². The predicted octanol–water partition coefficient (Wildman–Crippen LogP) is 2.88. The number of carbonyl (C=O) groups excluding carboxylic acids is 2. The zero-order valence-electron chi connectivity index (χ0n) is 13.3. The number of amides is 2. The molecule has 1 N–H and O–H groups in total. The van der Waals surface area contributed by atoms with Gasteiger partial charge in [-0.2, -0.15) is 0 Å². The molecule has 0 aliphatic heterocycles. The summed E-state index contributed by atoms with van der Waals surface area (Å²) in [7, 11) is 1.79. The molecule has 1 aliphatic carbocycles. The minimum absolute atomic E-state index is 0.0308. The van der Waals surface area contributed by atoms with Gasteiger partial charge in [-0.05, 0) is 25.0 Å². The quantitative estimate of drug-likeness (QED) is 0.905. The molecule has 23 heavy (non-hydrogen) atoms. The first-order valence-corrected chi connectivity index (χ1v) is 7.98. The van der Waals surface area contributed by atoms with Gasteiger partial charge >= 0.3 is 0 Å². The van der Waals surface area contributed by atoms with E-state index in [0.29, 0.717) is 6.07 Å². The van der Waals surface area contributed by atoms with E-state index in [1.54, 1.807) is 11.9 Å². The van der Waals surface area contributed by atoms with Crippen molar-refractivity contribution in [2.24, 2.45) is 0 Å². The van der Waals surface area contributed by atoms with Crippen LogP contribution in [0.15, 0.2) is 18.2 Å². The lowest BCUT2D eigenvalue weighted by molar-refractivity contribution is -0.132. The fraction of sp³-hybridized carbons (Fsp3) is 0.529. The van der Waals surface area contributed by atoms with Crippen molar-refractivity contribution in [1.29, 1.82) is 0 Å². The minimum atomic E-state index is -0.909. The summed E-state index contributed by atoms with van der Waals surface area (Å²) in [6.45, 7) is 0.130. The van der Waals surface area contributed by atoms with Gasteiger partial charge in [0.05, 0.1) is 5.56 Å². The van der Waals surface area contributed by atoms with Gasteiger partial charge in [0.25, 0.3) is 5.91 Å². The molecule has 2 amide bonds. The molecule has 0 saturated heterocycles. The van der Waals surface area contributed by atoms with Gasteiger partial charge < -0.3 is 10.2 Å². The molecule has 2 rings (SSSR count). The van der Waals surface area contributed by atoms with Crippen LogP contribution in [-0.2, 0) is 4.79 Å². The van der Waals surface area contributed by atoms with Crippen molar-refractivity contribution in [1.82, 2.24) is 10.2 Å². The Bertz CT molecular complexity index is 572. The molecule has 4 nitrogen and oxygen atoms in total. The summed E-state index contributed by atoms with van der Waals surface area (Å²) in [6.07, 6.45) is 5.72. The Labute approximate surface area is 134 Å². The molecule has 1 aliphatic rings. The number of nitrogens with zero attached hydrogens (tertiary/aromatic N) is 1. The van der Waals surface area contributed by atoms with Crippen molar-refractivity contribution < 1.29 is 18.4 Å². The van der Waals surface area contributed by atoms with Crippen LogP contribution >= 0.6 is 0 Å². The monoisotopic (exact) mass is 324 g/mol. The number of hydrogen-bond acceptors (Lipinski definition) is 2. The number of nitrogens with one attached hydrogen (secondary N) is 1. The zero-order valence-corrected chi connectivity index (χ0v) is 13.3. The van der Waals surface area contributed by atoms with E-state index in [1.807, 2.05) is 0 Å². The molecular formula is C17H22F2N2O2. The first-order chi connectivity index (χ1) is 11.0. The summed E-state index contributed by atoms with van der Waals surface area (Å²) in [5.74, 6) is -2.32. The first kappa shape index (κ1) is 17.4. The summed E-state index contributed by atoms with van der Waals surface area (Å²) >= 11 is 0. The molecule has 0 unspecified atom stereocenters. The van der Waals surface area contributed by atoms with Crippen LogP contribution in [0.1, 0.15) is 48.9 Å². The zero-order chi connectivity index (χ0) is 16.8. The molecule has 1 aromatic rings. The summed E-state index contributed by atoms with van der Waals surface area (Å²) in [4.78, 5) is 25.7. The van der Waals surface area contributed by atoms with Gasteiger partial charge in [0.2, 0.25) is 5.91 Å². The van der Waals surface area contributed by atoms with Crippen molar-refractivity contribution in [2.75, 3.05) is 13.6 Å². The molecule has 6 heteroatoms. The fourth-order valence-electron chi connectivity index (χ4n) is 2.90. The van der Waals surface area contributed by atoms with Crippen LogP contribution in [0.5, 0.6) is 0 Å². The van der Waals surface area contributed by atoms with Crippen molar-refractivity contribution >= 4 is 11.8 Å². The number of halogens is 2. The van der Waals surface area contributed by atoms with Gasteiger partial charge in [0, 0.05) is 32.1 Å². The highest BCUT2D eigenvalue weighted by molar-refractivity contribution is 5.94. The van der Waals surface area contributed by atoms with E-state index in [0.717, 1.165) is 37.8 Å². The van der Waals surface area contributed by atoms with Crippen LogP contribution in [0, 0.1) is 11.6 Å². The van der Waals surface area contributed by atoms with E-state index in [2.05, 4.69) is 5.32 Å². The Balaban J connectivity index is 1.79. The number of benzene rings is 1. The van der Waals surface area contributed by atoms with Gasteiger partial charge in [0.1, 0.15) is 11.6 Å². The van der Waals surface area contributed by atoms with Gasteiger partial charge in [-0.15, -0.1) is 0 Å². The molecule has 1 fully saturated rings. The Morgan fingerprint density at radius 2 is 1.91 bits per heavy atom. The maximum absolute atomic E-state index is 13.5. The lowest BCUT2D eigenvalue weighted by atomic mass is 9.94. The third-order valence-corrected chi connectivity index (χ3v) is 4.32. The van der Waals surface area contributed by atoms with Crippen LogP contribution in [0.2, 0.25) is 0 Å². The fourth-order valence-corrected chi connectivity index (χ4v) is 2.90. The summed E-state index contributed by atoms with van der Waals surface area (Å²) in [5, 5.41) is 2.50. The Kier molecular flexibility index (Phi) is 6.07. The van der Waals surface area contributed by atoms with Crippen LogP contribution in [0.4, 0.5) is 8.78 Å². The van der Waals surface area contributed by atoms with E-state index in [9.17, 15) is 18.4 Å². The van der Waals surface area contributed by atoms with Crippen LogP contribution < -0.4 is 5.32 Å². The molecule has 1 aromatic carbocycles. The largest absolute Gasteiger partial charge is 0.351 e. The maximum atomic E-state index is 13.5. The standard InChI is InChI=1S/C17H22F2N2O2/c1-21(13-5-3-2-4-6-13)16(22)9-10-20-17(23)14-8-7-12(18)11-15(14)19/h7-8,11,13H,2-6,9-10H2,1H3,(H,20,23). The van der Waals surface area contributed by atoms with Gasteiger partial charge in [-0.25, -0.2) is 8.78 Å². The third kappa shape index (κ3) is 4.74. The molecule has 126 valence electrons. The third-order valence-electron chi connectivity index (χ3n) is 4.32.